The van der Waals surface area contributed by atoms with Gasteiger partial charge in [-0.25, -0.2) is 0 Å². The SMILES string of the molecule is CCC1(C)CC(OC)=NC1=O. The van der Waals surface area contributed by atoms with Crippen LogP contribution in [-0.2, 0) is 9.53 Å². The van der Waals surface area contributed by atoms with Crippen molar-refractivity contribution in [1.82, 2.24) is 0 Å². The Labute approximate surface area is 66.5 Å². The topological polar surface area (TPSA) is 38.7 Å². The number of hydrogen-bond acceptors (Lipinski definition) is 2. The van der Waals surface area contributed by atoms with Gasteiger partial charge in [0.1, 0.15) is 0 Å². The first-order valence-electron chi connectivity index (χ1n) is 3.78. The van der Waals surface area contributed by atoms with Crippen molar-refractivity contribution in [1.29, 1.82) is 0 Å². The van der Waals surface area contributed by atoms with Crippen molar-refractivity contribution in [2.75, 3.05) is 7.11 Å². The van der Waals surface area contributed by atoms with Gasteiger partial charge in [0.05, 0.1) is 12.5 Å². The molecule has 11 heavy (non-hydrogen) atoms. The van der Waals surface area contributed by atoms with E-state index in [1.54, 1.807) is 7.11 Å². The predicted molar refractivity (Wildman–Crippen MR) is 42.5 cm³/mol. The lowest BCUT2D eigenvalue weighted by atomic mass is 9.85. The minimum absolute atomic E-state index is 0.0446. The summed E-state index contributed by atoms with van der Waals surface area (Å²) >= 11 is 0. The fourth-order valence-electron chi connectivity index (χ4n) is 1.09. The number of aliphatic imine (C=N–C) groups is 1. The molecule has 0 radical (unpaired) electrons. The van der Waals surface area contributed by atoms with E-state index >= 15 is 0 Å². The zero-order valence-corrected chi connectivity index (χ0v) is 7.18. The fraction of sp³-hybridized carbons (Fsp3) is 0.750. The van der Waals surface area contributed by atoms with E-state index in [1.807, 2.05) is 13.8 Å². The Bertz CT molecular complexity index is 210. The van der Waals surface area contributed by atoms with Gasteiger partial charge in [0.15, 0.2) is 5.90 Å². The number of nitrogens with zero attached hydrogens (tertiary/aromatic N) is 1. The van der Waals surface area contributed by atoms with Crippen LogP contribution >= 0.6 is 0 Å². The van der Waals surface area contributed by atoms with Gasteiger partial charge in [-0.1, -0.05) is 13.8 Å². The van der Waals surface area contributed by atoms with Crippen molar-refractivity contribution in [3.63, 3.8) is 0 Å². The molecular formula is C8H13NO2. The highest BCUT2D eigenvalue weighted by Crippen LogP contribution is 2.32. The van der Waals surface area contributed by atoms with Gasteiger partial charge in [0, 0.05) is 6.42 Å². The Morgan fingerprint density at radius 1 is 1.73 bits per heavy atom. The molecule has 1 heterocycles. The Hall–Kier alpha value is -0.860. The summed E-state index contributed by atoms with van der Waals surface area (Å²) in [4.78, 5) is 15.0. The second kappa shape index (κ2) is 2.64. The van der Waals surface area contributed by atoms with Crippen LogP contribution in [0.15, 0.2) is 4.99 Å². The van der Waals surface area contributed by atoms with Crippen LogP contribution in [-0.4, -0.2) is 18.9 Å². The Balaban J connectivity index is 2.76. The minimum Gasteiger partial charge on any atom is -0.484 e. The van der Waals surface area contributed by atoms with Crippen LogP contribution in [0.1, 0.15) is 26.7 Å². The number of amides is 1. The third-order valence-electron chi connectivity index (χ3n) is 2.30. The van der Waals surface area contributed by atoms with Crippen LogP contribution in [0.5, 0.6) is 0 Å². The summed E-state index contributed by atoms with van der Waals surface area (Å²) in [5.74, 6) is 0.524. The van der Waals surface area contributed by atoms with Gasteiger partial charge in [-0.05, 0) is 6.42 Å². The molecular weight excluding hydrogens is 142 g/mol. The molecule has 1 unspecified atom stereocenters. The maximum absolute atomic E-state index is 11.2. The van der Waals surface area contributed by atoms with Gasteiger partial charge >= 0.3 is 0 Å². The first-order chi connectivity index (χ1) is 5.12. The molecule has 0 aromatic heterocycles. The third kappa shape index (κ3) is 1.27. The number of carbonyl (C=O) groups is 1. The van der Waals surface area contributed by atoms with Gasteiger partial charge in [0.2, 0.25) is 0 Å². The van der Waals surface area contributed by atoms with Crippen LogP contribution < -0.4 is 0 Å². The minimum atomic E-state index is -0.300. The van der Waals surface area contributed by atoms with E-state index in [-0.39, 0.29) is 11.3 Å². The maximum atomic E-state index is 11.2. The first kappa shape index (κ1) is 8.24. The highest BCUT2D eigenvalue weighted by Gasteiger charge is 2.38. The van der Waals surface area contributed by atoms with Gasteiger partial charge in [-0.3, -0.25) is 4.79 Å². The average Bonchev–Trinajstić information content (AvgIpc) is 2.29. The highest BCUT2D eigenvalue weighted by molar-refractivity contribution is 6.02. The van der Waals surface area contributed by atoms with Crippen molar-refractivity contribution in [3.05, 3.63) is 0 Å². The molecule has 3 nitrogen and oxygen atoms in total. The molecule has 0 spiro atoms. The molecule has 1 aliphatic heterocycles. The quantitative estimate of drug-likeness (QED) is 0.573. The number of rotatable bonds is 1. The van der Waals surface area contributed by atoms with Crippen LogP contribution in [0.4, 0.5) is 0 Å². The normalized spacial score (nSPS) is 30.5. The molecule has 1 aliphatic rings. The zero-order chi connectivity index (χ0) is 8.48. The molecule has 0 saturated carbocycles. The van der Waals surface area contributed by atoms with Gasteiger partial charge in [-0.15, -0.1) is 0 Å². The summed E-state index contributed by atoms with van der Waals surface area (Å²) in [5.41, 5.74) is -0.300. The molecule has 0 bridgehead atoms. The van der Waals surface area contributed by atoms with E-state index in [0.29, 0.717) is 12.3 Å². The molecule has 1 atom stereocenters. The number of hydrogen-bond donors (Lipinski definition) is 0. The lowest BCUT2D eigenvalue weighted by molar-refractivity contribution is -0.125. The summed E-state index contributed by atoms with van der Waals surface area (Å²) in [7, 11) is 1.55. The van der Waals surface area contributed by atoms with Crippen molar-refractivity contribution < 1.29 is 9.53 Å². The second-order valence-corrected chi connectivity index (χ2v) is 3.11. The van der Waals surface area contributed by atoms with Crippen LogP contribution in [0.3, 0.4) is 0 Å². The van der Waals surface area contributed by atoms with Crippen molar-refractivity contribution in [3.8, 4) is 0 Å². The standard InChI is InChI=1S/C8H13NO2/c1-4-8(2)5-6(11-3)9-7(8)10/h4-5H2,1-3H3. The highest BCUT2D eigenvalue weighted by atomic mass is 16.5. The van der Waals surface area contributed by atoms with Gasteiger partial charge < -0.3 is 4.74 Å². The smallest absolute Gasteiger partial charge is 0.255 e. The fourth-order valence-corrected chi connectivity index (χ4v) is 1.09. The largest absolute Gasteiger partial charge is 0.484 e. The summed E-state index contributed by atoms with van der Waals surface area (Å²) < 4.78 is 4.91. The molecule has 62 valence electrons. The Morgan fingerprint density at radius 2 is 2.36 bits per heavy atom. The lowest BCUT2D eigenvalue weighted by Gasteiger charge is -2.16. The molecule has 0 fully saturated rings. The Kier molecular flexibility index (Phi) is 1.98. The van der Waals surface area contributed by atoms with Crippen LogP contribution in [0.25, 0.3) is 0 Å². The number of ether oxygens (including phenoxy) is 1. The Morgan fingerprint density at radius 3 is 2.64 bits per heavy atom. The molecule has 0 aliphatic carbocycles. The van der Waals surface area contributed by atoms with Crippen LogP contribution in [0.2, 0.25) is 0 Å². The van der Waals surface area contributed by atoms with E-state index in [0.717, 1.165) is 6.42 Å². The van der Waals surface area contributed by atoms with Crippen molar-refractivity contribution in [2.24, 2.45) is 10.4 Å². The first-order valence-corrected chi connectivity index (χ1v) is 3.78. The monoisotopic (exact) mass is 155 g/mol. The predicted octanol–water partition coefficient (Wildman–Crippen LogP) is 1.38. The van der Waals surface area contributed by atoms with Crippen molar-refractivity contribution >= 4 is 11.8 Å². The number of carbonyl (C=O) groups excluding carboxylic acids is 1. The lowest BCUT2D eigenvalue weighted by Crippen LogP contribution is -2.21. The van der Waals surface area contributed by atoms with E-state index in [1.165, 1.54) is 0 Å². The second-order valence-electron chi connectivity index (χ2n) is 3.11. The van der Waals surface area contributed by atoms with E-state index < -0.39 is 0 Å². The molecule has 0 aromatic carbocycles. The summed E-state index contributed by atoms with van der Waals surface area (Å²) in [6, 6.07) is 0. The molecule has 1 rings (SSSR count). The van der Waals surface area contributed by atoms with Crippen molar-refractivity contribution in [2.45, 2.75) is 26.7 Å². The van der Waals surface area contributed by atoms with Gasteiger partial charge in [0.25, 0.3) is 5.91 Å². The maximum Gasteiger partial charge on any atom is 0.255 e. The molecule has 3 heteroatoms. The van der Waals surface area contributed by atoms with E-state index in [9.17, 15) is 4.79 Å². The van der Waals surface area contributed by atoms with E-state index in [4.69, 9.17) is 4.74 Å². The zero-order valence-electron chi connectivity index (χ0n) is 7.18. The molecule has 0 N–H and O–H groups in total. The third-order valence-corrected chi connectivity index (χ3v) is 2.30. The average molecular weight is 155 g/mol. The molecule has 0 aromatic rings. The summed E-state index contributed by atoms with van der Waals surface area (Å²) in [5, 5.41) is 0. The van der Waals surface area contributed by atoms with E-state index in [2.05, 4.69) is 4.99 Å². The number of methoxy groups -OCH3 is 1. The van der Waals surface area contributed by atoms with Gasteiger partial charge in [-0.2, -0.15) is 4.99 Å². The molecule has 0 saturated heterocycles. The summed E-state index contributed by atoms with van der Waals surface area (Å²) in [6.45, 7) is 3.91. The molecule has 1 amide bonds. The van der Waals surface area contributed by atoms with Crippen LogP contribution in [0, 0.1) is 5.41 Å². The summed E-state index contributed by atoms with van der Waals surface area (Å²) in [6.07, 6.45) is 1.47.